The lowest BCUT2D eigenvalue weighted by Crippen LogP contribution is -2.19. The smallest absolute Gasteiger partial charge is 0.422 e. The number of halogens is 5. The van der Waals surface area contributed by atoms with Gasteiger partial charge in [-0.05, 0) is 22.0 Å². The number of fused-ring (bicyclic) bond motifs is 1. The van der Waals surface area contributed by atoms with Gasteiger partial charge in [-0.2, -0.15) is 13.2 Å². The van der Waals surface area contributed by atoms with Crippen molar-refractivity contribution in [3.8, 4) is 5.75 Å². The van der Waals surface area contributed by atoms with Gasteiger partial charge >= 0.3 is 6.18 Å². The van der Waals surface area contributed by atoms with Crippen LogP contribution in [0.15, 0.2) is 28.9 Å². The molecule has 0 atom stereocenters. The van der Waals surface area contributed by atoms with Gasteiger partial charge in [0.2, 0.25) is 0 Å². The maximum Gasteiger partial charge on any atom is 0.422 e. The van der Waals surface area contributed by atoms with Crippen LogP contribution in [-0.2, 0) is 0 Å². The predicted octanol–water partition coefficient (Wildman–Crippen LogP) is 4.59. The zero-order chi connectivity index (χ0) is 13.3. The highest BCUT2D eigenvalue weighted by Gasteiger charge is 2.28. The van der Waals surface area contributed by atoms with Crippen molar-refractivity contribution in [1.29, 1.82) is 0 Å². The van der Waals surface area contributed by atoms with Crippen LogP contribution in [0, 0.1) is 0 Å². The van der Waals surface area contributed by atoms with Crippen LogP contribution in [0.5, 0.6) is 5.75 Å². The number of rotatable bonds is 2. The van der Waals surface area contributed by atoms with Crippen molar-refractivity contribution in [1.82, 2.24) is 4.98 Å². The van der Waals surface area contributed by atoms with Gasteiger partial charge < -0.3 is 4.74 Å². The van der Waals surface area contributed by atoms with E-state index in [1.54, 1.807) is 12.1 Å². The standard InChI is InChI=1S/C11H6BrClF3NO/c12-7-4-17-10-6(9(7)13)2-1-3-8(10)18-5-11(14,15)16/h1-4H,5H2. The molecule has 2 aromatic rings. The van der Waals surface area contributed by atoms with E-state index in [1.807, 2.05) is 0 Å². The minimum Gasteiger partial charge on any atom is -0.482 e. The molecule has 0 fully saturated rings. The molecule has 7 heteroatoms. The largest absolute Gasteiger partial charge is 0.482 e. The third kappa shape index (κ3) is 2.87. The first-order valence-corrected chi connectivity index (χ1v) is 5.98. The average molecular weight is 341 g/mol. The van der Waals surface area contributed by atoms with E-state index < -0.39 is 12.8 Å². The first-order valence-electron chi connectivity index (χ1n) is 4.81. The Morgan fingerprint density at radius 3 is 2.72 bits per heavy atom. The lowest BCUT2D eigenvalue weighted by atomic mass is 10.2. The van der Waals surface area contributed by atoms with Crippen LogP contribution >= 0.6 is 27.5 Å². The molecule has 0 amide bonds. The Kier molecular flexibility index (Phi) is 3.68. The normalized spacial score (nSPS) is 11.8. The van der Waals surface area contributed by atoms with Crippen molar-refractivity contribution in [3.63, 3.8) is 0 Å². The number of aromatic nitrogens is 1. The van der Waals surface area contributed by atoms with E-state index in [1.165, 1.54) is 12.3 Å². The van der Waals surface area contributed by atoms with E-state index in [0.29, 0.717) is 20.4 Å². The number of benzene rings is 1. The number of hydrogen-bond acceptors (Lipinski definition) is 2. The minimum absolute atomic E-state index is 0.0548. The number of ether oxygens (including phenoxy) is 1. The molecule has 0 saturated carbocycles. The number of nitrogens with zero attached hydrogens (tertiary/aromatic N) is 1. The molecule has 1 aromatic heterocycles. The van der Waals surface area contributed by atoms with Crippen LogP contribution in [-0.4, -0.2) is 17.8 Å². The third-order valence-corrected chi connectivity index (χ3v) is 3.38. The molecule has 0 aliphatic carbocycles. The zero-order valence-electron chi connectivity index (χ0n) is 8.76. The molecule has 0 unspecified atom stereocenters. The molecule has 2 rings (SSSR count). The Morgan fingerprint density at radius 1 is 1.33 bits per heavy atom. The second-order valence-corrected chi connectivity index (χ2v) is 4.71. The Balaban J connectivity index is 2.43. The first kappa shape index (κ1) is 13.4. The van der Waals surface area contributed by atoms with Gasteiger partial charge in [0.1, 0.15) is 11.3 Å². The summed E-state index contributed by atoms with van der Waals surface area (Å²) in [7, 11) is 0. The highest BCUT2D eigenvalue weighted by Crippen LogP contribution is 2.34. The van der Waals surface area contributed by atoms with Crippen molar-refractivity contribution in [2.24, 2.45) is 0 Å². The van der Waals surface area contributed by atoms with Crippen LogP contribution in [0.25, 0.3) is 10.9 Å². The summed E-state index contributed by atoms with van der Waals surface area (Å²) in [5.74, 6) is 0.0548. The summed E-state index contributed by atoms with van der Waals surface area (Å²) >= 11 is 9.22. The zero-order valence-corrected chi connectivity index (χ0v) is 11.1. The number of alkyl halides is 3. The molecule has 96 valence electrons. The molecule has 0 saturated heterocycles. The van der Waals surface area contributed by atoms with E-state index in [0.717, 1.165) is 0 Å². The number of pyridine rings is 1. The summed E-state index contributed by atoms with van der Waals surface area (Å²) in [6.45, 7) is -1.36. The van der Waals surface area contributed by atoms with Gasteiger partial charge in [-0.25, -0.2) is 0 Å². The van der Waals surface area contributed by atoms with Gasteiger partial charge in [-0.15, -0.1) is 0 Å². The first-order chi connectivity index (χ1) is 8.38. The molecule has 0 spiro atoms. The topological polar surface area (TPSA) is 22.1 Å². The molecule has 2 nitrogen and oxygen atoms in total. The monoisotopic (exact) mass is 339 g/mol. The van der Waals surface area contributed by atoms with E-state index in [-0.39, 0.29) is 5.75 Å². The molecule has 0 aliphatic rings. The Labute approximate surface area is 114 Å². The molecule has 0 radical (unpaired) electrons. The van der Waals surface area contributed by atoms with Crippen molar-refractivity contribution in [3.05, 3.63) is 33.9 Å². The molecular weight excluding hydrogens is 334 g/mol. The van der Waals surface area contributed by atoms with Gasteiger partial charge in [0.15, 0.2) is 6.61 Å². The number of para-hydroxylation sites is 1. The van der Waals surface area contributed by atoms with Gasteiger partial charge in [0.05, 0.1) is 9.50 Å². The highest BCUT2D eigenvalue weighted by atomic mass is 79.9. The molecule has 0 N–H and O–H groups in total. The quantitative estimate of drug-likeness (QED) is 0.797. The molecule has 0 bridgehead atoms. The van der Waals surface area contributed by atoms with Crippen molar-refractivity contribution < 1.29 is 17.9 Å². The summed E-state index contributed by atoms with van der Waals surface area (Å²) in [4.78, 5) is 4.02. The third-order valence-electron chi connectivity index (χ3n) is 2.14. The van der Waals surface area contributed by atoms with Gasteiger partial charge in [0.25, 0.3) is 0 Å². The summed E-state index contributed by atoms with van der Waals surface area (Å²) in [5, 5.41) is 0.920. The van der Waals surface area contributed by atoms with Crippen molar-refractivity contribution in [2.75, 3.05) is 6.61 Å². The Hall–Kier alpha value is -1.01. The Morgan fingerprint density at radius 2 is 2.06 bits per heavy atom. The van der Waals surface area contributed by atoms with E-state index >= 15 is 0 Å². The summed E-state index contributed by atoms with van der Waals surface area (Å²) in [5.41, 5.74) is 0.301. The highest BCUT2D eigenvalue weighted by molar-refractivity contribution is 9.10. The van der Waals surface area contributed by atoms with Gasteiger partial charge in [-0.3, -0.25) is 4.98 Å². The molecule has 0 aliphatic heterocycles. The second kappa shape index (κ2) is 4.93. The summed E-state index contributed by atoms with van der Waals surface area (Å²) in [6.07, 6.45) is -2.97. The van der Waals surface area contributed by atoms with Crippen LogP contribution in [0.1, 0.15) is 0 Å². The lowest BCUT2D eigenvalue weighted by molar-refractivity contribution is -0.153. The fraction of sp³-hybridized carbons (Fsp3) is 0.182. The minimum atomic E-state index is -4.39. The lowest BCUT2D eigenvalue weighted by Gasteiger charge is -2.11. The van der Waals surface area contributed by atoms with Gasteiger partial charge in [0, 0.05) is 11.6 Å². The van der Waals surface area contributed by atoms with Crippen molar-refractivity contribution >= 4 is 38.4 Å². The molecule has 18 heavy (non-hydrogen) atoms. The fourth-order valence-corrected chi connectivity index (χ4v) is 1.93. The summed E-state index contributed by atoms with van der Waals surface area (Å²) < 4.78 is 41.6. The second-order valence-electron chi connectivity index (χ2n) is 3.48. The van der Waals surface area contributed by atoms with Gasteiger partial charge in [-0.1, -0.05) is 23.7 Å². The van der Waals surface area contributed by atoms with E-state index in [2.05, 4.69) is 20.9 Å². The molecular formula is C11H6BrClF3NO. The molecule has 1 aromatic carbocycles. The Bertz CT molecular complexity index is 588. The molecule has 1 heterocycles. The van der Waals surface area contributed by atoms with Crippen LogP contribution < -0.4 is 4.74 Å². The van der Waals surface area contributed by atoms with Crippen molar-refractivity contribution in [2.45, 2.75) is 6.18 Å². The maximum absolute atomic E-state index is 12.1. The predicted molar refractivity (Wildman–Crippen MR) is 66.0 cm³/mol. The van der Waals surface area contributed by atoms with Crippen LogP contribution in [0.4, 0.5) is 13.2 Å². The van der Waals surface area contributed by atoms with E-state index in [9.17, 15) is 13.2 Å². The maximum atomic E-state index is 12.1. The SMILES string of the molecule is FC(F)(F)COc1cccc2c(Cl)c(Br)cnc12. The fourth-order valence-electron chi connectivity index (χ4n) is 1.42. The van der Waals surface area contributed by atoms with Crippen LogP contribution in [0.2, 0.25) is 5.02 Å². The van der Waals surface area contributed by atoms with E-state index in [4.69, 9.17) is 16.3 Å². The summed E-state index contributed by atoms with van der Waals surface area (Å²) in [6, 6.07) is 4.65. The number of hydrogen-bond donors (Lipinski definition) is 0. The average Bonchev–Trinajstić information content (AvgIpc) is 2.30. The van der Waals surface area contributed by atoms with Crippen LogP contribution in [0.3, 0.4) is 0 Å².